The van der Waals surface area contributed by atoms with E-state index in [1.807, 2.05) is 30.3 Å². The van der Waals surface area contributed by atoms with Crippen molar-refractivity contribution in [1.82, 2.24) is 10.2 Å². The van der Waals surface area contributed by atoms with Gasteiger partial charge in [-0.25, -0.2) is 0 Å². The summed E-state index contributed by atoms with van der Waals surface area (Å²) in [5.74, 6) is 0.134. The number of nitrogens with one attached hydrogen (secondary N) is 1. The Morgan fingerprint density at radius 2 is 1.86 bits per heavy atom. The van der Waals surface area contributed by atoms with E-state index in [1.165, 1.54) is 10.8 Å². The molecule has 0 spiro atoms. The van der Waals surface area contributed by atoms with Crippen LogP contribution in [0.25, 0.3) is 10.8 Å². The number of rotatable bonds is 5. The Morgan fingerprint density at radius 1 is 1.03 bits per heavy atom. The Kier molecular flexibility index (Phi) is 6.39. The van der Waals surface area contributed by atoms with Crippen LogP contribution in [0.3, 0.4) is 0 Å². The Morgan fingerprint density at radius 3 is 2.72 bits per heavy atom. The van der Waals surface area contributed by atoms with Crippen molar-refractivity contribution in [2.24, 2.45) is 5.92 Å². The number of piperidine rings is 1. The molecule has 3 nitrogen and oxygen atoms in total. The van der Waals surface area contributed by atoms with Crippen molar-refractivity contribution in [3.8, 4) is 0 Å². The van der Waals surface area contributed by atoms with Gasteiger partial charge >= 0.3 is 0 Å². The molecule has 1 aliphatic rings. The molecule has 0 unspecified atom stereocenters. The van der Waals surface area contributed by atoms with Gasteiger partial charge in [0.25, 0.3) is 0 Å². The largest absolute Gasteiger partial charge is 0.352 e. The number of hydrogen-bond acceptors (Lipinski definition) is 2. The van der Waals surface area contributed by atoms with Crippen molar-refractivity contribution in [3.63, 3.8) is 0 Å². The minimum Gasteiger partial charge on any atom is -0.352 e. The summed E-state index contributed by atoms with van der Waals surface area (Å²) in [4.78, 5) is 15.1. The van der Waals surface area contributed by atoms with Crippen LogP contribution in [0.1, 0.15) is 24.0 Å². The first-order chi connectivity index (χ1) is 14.1. The van der Waals surface area contributed by atoms with Gasteiger partial charge in [0.2, 0.25) is 5.91 Å². The molecule has 5 heteroatoms. The second-order valence-corrected chi connectivity index (χ2v) is 8.51. The van der Waals surface area contributed by atoms with E-state index in [0.717, 1.165) is 43.6 Å². The molecule has 1 amide bonds. The molecular formula is C24H24Cl2N2O. The molecule has 0 bridgehead atoms. The van der Waals surface area contributed by atoms with Gasteiger partial charge in [-0.3, -0.25) is 9.69 Å². The van der Waals surface area contributed by atoms with Crippen molar-refractivity contribution < 1.29 is 4.79 Å². The van der Waals surface area contributed by atoms with Gasteiger partial charge in [0.05, 0.1) is 5.92 Å². The quantitative estimate of drug-likeness (QED) is 0.569. The summed E-state index contributed by atoms with van der Waals surface area (Å²) in [5, 5.41) is 6.87. The van der Waals surface area contributed by atoms with Crippen LogP contribution >= 0.6 is 23.2 Å². The molecule has 150 valence electrons. The highest BCUT2D eigenvalue weighted by atomic mass is 35.5. The van der Waals surface area contributed by atoms with Crippen molar-refractivity contribution >= 4 is 39.9 Å². The highest BCUT2D eigenvalue weighted by Gasteiger charge is 2.26. The lowest BCUT2D eigenvalue weighted by atomic mass is 9.96. The number of nitrogens with zero attached hydrogens (tertiary/aromatic N) is 1. The first-order valence-corrected chi connectivity index (χ1v) is 10.8. The third-order valence-electron chi connectivity index (χ3n) is 5.62. The fraction of sp³-hybridized carbons (Fsp3) is 0.292. The predicted molar refractivity (Wildman–Crippen MR) is 120 cm³/mol. The van der Waals surface area contributed by atoms with Crippen LogP contribution in [-0.2, 0) is 17.9 Å². The Bertz CT molecular complexity index is 1020. The van der Waals surface area contributed by atoms with E-state index in [2.05, 4.69) is 34.5 Å². The molecule has 1 N–H and O–H groups in total. The zero-order valence-electron chi connectivity index (χ0n) is 16.2. The van der Waals surface area contributed by atoms with Crippen LogP contribution in [0.2, 0.25) is 10.0 Å². The lowest BCUT2D eigenvalue weighted by Gasteiger charge is -2.32. The molecule has 1 aliphatic heterocycles. The van der Waals surface area contributed by atoms with Crippen molar-refractivity contribution in [1.29, 1.82) is 0 Å². The number of carbonyl (C=O) groups is 1. The third kappa shape index (κ3) is 4.92. The molecule has 1 saturated heterocycles. The first-order valence-electron chi connectivity index (χ1n) is 10.0. The lowest BCUT2D eigenvalue weighted by molar-refractivity contribution is -0.126. The molecule has 0 aromatic heterocycles. The van der Waals surface area contributed by atoms with Gasteiger partial charge in [-0.05, 0) is 53.4 Å². The van der Waals surface area contributed by atoms with Crippen molar-refractivity contribution in [2.75, 3.05) is 13.1 Å². The number of fused-ring (bicyclic) bond motifs is 1. The average molecular weight is 427 g/mol. The summed E-state index contributed by atoms with van der Waals surface area (Å²) < 4.78 is 0. The van der Waals surface area contributed by atoms with Crippen LogP contribution in [0.4, 0.5) is 0 Å². The monoisotopic (exact) mass is 426 g/mol. The molecule has 4 rings (SSSR count). The molecule has 3 aromatic rings. The van der Waals surface area contributed by atoms with Crippen LogP contribution in [-0.4, -0.2) is 23.9 Å². The molecule has 0 saturated carbocycles. The molecule has 1 heterocycles. The van der Waals surface area contributed by atoms with Crippen LogP contribution < -0.4 is 5.32 Å². The smallest absolute Gasteiger partial charge is 0.224 e. The van der Waals surface area contributed by atoms with Gasteiger partial charge in [0, 0.05) is 29.7 Å². The van der Waals surface area contributed by atoms with Crippen molar-refractivity contribution in [2.45, 2.75) is 25.9 Å². The van der Waals surface area contributed by atoms with Gasteiger partial charge in [0.1, 0.15) is 0 Å². The summed E-state index contributed by atoms with van der Waals surface area (Å²) in [5.41, 5.74) is 2.20. The van der Waals surface area contributed by atoms with E-state index in [0.29, 0.717) is 16.6 Å². The van der Waals surface area contributed by atoms with Crippen LogP contribution in [0, 0.1) is 5.92 Å². The van der Waals surface area contributed by atoms with E-state index < -0.39 is 0 Å². The SMILES string of the molecule is O=C(NCc1cccc2ccccc12)[C@H]1CCCN(Cc2ccc(Cl)cc2Cl)C1. The second-order valence-electron chi connectivity index (χ2n) is 7.67. The molecule has 29 heavy (non-hydrogen) atoms. The Hall–Kier alpha value is -2.07. The minimum atomic E-state index is 0.00445. The standard InChI is InChI=1S/C24H24Cl2N2O/c25-21-11-10-19(23(26)13-21)15-28-12-4-8-20(16-28)24(29)27-14-18-7-3-6-17-5-1-2-9-22(17)18/h1-3,5-7,9-11,13,20H,4,8,12,14-16H2,(H,27,29)/t20-/m0/s1. The van der Waals surface area contributed by atoms with E-state index >= 15 is 0 Å². The molecular weight excluding hydrogens is 403 g/mol. The molecule has 0 radical (unpaired) electrons. The van der Waals surface area contributed by atoms with Gasteiger partial charge in [-0.2, -0.15) is 0 Å². The predicted octanol–water partition coefficient (Wildman–Crippen LogP) is 5.68. The lowest BCUT2D eigenvalue weighted by Crippen LogP contribution is -2.42. The van der Waals surface area contributed by atoms with Crippen LogP contribution in [0.5, 0.6) is 0 Å². The van der Waals surface area contributed by atoms with Crippen molar-refractivity contribution in [3.05, 3.63) is 81.8 Å². The number of carbonyl (C=O) groups excluding carboxylic acids is 1. The summed E-state index contributed by atoms with van der Waals surface area (Å²) in [6, 6.07) is 20.1. The summed E-state index contributed by atoms with van der Waals surface area (Å²) in [7, 11) is 0. The fourth-order valence-corrected chi connectivity index (χ4v) is 4.55. The van der Waals surface area contributed by atoms with Gasteiger partial charge < -0.3 is 5.32 Å². The third-order valence-corrected chi connectivity index (χ3v) is 6.21. The number of likely N-dealkylation sites (tertiary alicyclic amines) is 1. The average Bonchev–Trinajstić information content (AvgIpc) is 2.74. The van der Waals surface area contributed by atoms with E-state index in [4.69, 9.17) is 23.2 Å². The fourth-order valence-electron chi connectivity index (χ4n) is 4.08. The molecule has 1 fully saturated rings. The summed E-state index contributed by atoms with van der Waals surface area (Å²) in [6.45, 7) is 3.02. The van der Waals surface area contributed by atoms with E-state index in [1.54, 1.807) is 6.07 Å². The zero-order valence-corrected chi connectivity index (χ0v) is 17.7. The van der Waals surface area contributed by atoms with E-state index in [9.17, 15) is 4.79 Å². The van der Waals surface area contributed by atoms with Gasteiger partial charge in [-0.1, -0.05) is 71.7 Å². The molecule has 3 aromatic carbocycles. The Balaban J connectivity index is 1.37. The number of benzene rings is 3. The molecule has 1 atom stereocenters. The topological polar surface area (TPSA) is 32.3 Å². The number of hydrogen-bond donors (Lipinski definition) is 1. The Labute approximate surface area is 181 Å². The maximum absolute atomic E-state index is 12.8. The van der Waals surface area contributed by atoms with Gasteiger partial charge in [-0.15, -0.1) is 0 Å². The highest BCUT2D eigenvalue weighted by molar-refractivity contribution is 6.35. The number of amides is 1. The maximum Gasteiger partial charge on any atom is 0.224 e. The minimum absolute atomic E-state index is 0.00445. The summed E-state index contributed by atoms with van der Waals surface area (Å²) >= 11 is 12.3. The van der Waals surface area contributed by atoms with Gasteiger partial charge in [0.15, 0.2) is 0 Å². The maximum atomic E-state index is 12.8. The summed E-state index contributed by atoms with van der Waals surface area (Å²) in [6.07, 6.45) is 1.93. The van der Waals surface area contributed by atoms with E-state index in [-0.39, 0.29) is 11.8 Å². The van der Waals surface area contributed by atoms with Crippen LogP contribution in [0.15, 0.2) is 60.7 Å². The zero-order chi connectivity index (χ0) is 20.2. The molecule has 0 aliphatic carbocycles. The second kappa shape index (κ2) is 9.17. The highest BCUT2D eigenvalue weighted by Crippen LogP contribution is 2.25. The first kappa shape index (κ1) is 20.2. The normalized spacial score (nSPS) is 17.4. The number of halogens is 2.